The van der Waals surface area contributed by atoms with Crippen molar-refractivity contribution >= 4 is 22.7 Å². The first-order valence-electron chi connectivity index (χ1n) is 6.60. The van der Waals surface area contributed by atoms with Crippen LogP contribution >= 0.6 is 0 Å². The van der Waals surface area contributed by atoms with E-state index >= 15 is 0 Å². The van der Waals surface area contributed by atoms with Crippen LogP contribution in [0.5, 0.6) is 5.75 Å². The second-order valence-electron chi connectivity index (χ2n) is 4.86. The Morgan fingerprint density at radius 3 is 3.00 bits per heavy atom. The molecule has 0 amide bonds. The van der Waals surface area contributed by atoms with Crippen molar-refractivity contribution in [1.29, 1.82) is 0 Å². The summed E-state index contributed by atoms with van der Waals surface area (Å²) in [6, 6.07) is 2.52. The van der Waals surface area contributed by atoms with Gasteiger partial charge in [0.2, 0.25) is 0 Å². The first-order chi connectivity index (χ1) is 10.1. The number of rotatable bonds is 3. The number of halogens is 1. The average Bonchev–Trinajstić information content (AvgIpc) is 2.97. The zero-order valence-corrected chi connectivity index (χ0v) is 11.4. The number of hydrogen-bond donors (Lipinski definition) is 1. The quantitative estimate of drug-likeness (QED) is 0.930. The van der Waals surface area contributed by atoms with Crippen molar-refractivity contribution in [2.24, 2.45) is 0 Å². The highest BCUT2D eigenvalue weighted by Gasteiger charge is 2.32. The van der Waals surface area contributed by atoms with Crippen molar-refractivity contribution in [2.45, 2.75) is 18.9 Å². The Morgan fingerprint density at radius 1 is 1.48 bits per heavy atom. The summed E-state index contributed by atoms with van der Waals surface area (Å²) in [6.07, 6.45) is 2.57. The van der Waals surface area contributed by atoms with E-state index < -0.39 is 17.8 Å². The molecule has 2 aromatic rings. The molecular formula is C14H14FN3O3. The Bertz CT molecular complexity index is 707. The van der Waals surface area contributed by atoms with E-state index in [9.17, 15) is 14.3 Å². The predicted molar refractivity (Wildman–Crippen MR) is 74.1 cm³/mol. The molecule has 1 saturated heterocycles. The summed E-state index contributed by atoms with van der Waals surface area (Å²) in [5.74, 6) is -0.909. The van der Waals surface area contributed by atoms with E-state index in [1.165, 1.54) is 19.5 Å². The van der Waals surface area contributed by atoms with Gasteiger partial charge in [-0.25, -0.2) is 19.2 Å². The highest BCUT2D eigenvalue weighted by Crippen LogP contribution is 2.33. The van der Waals surface area contributed by atoms with Crippen LogP contribution in [0.3, 0.4) is 0 Å². The summed E-state index contributed by atoms with van der Waals surface area (Å²) in [5, 5.41) is 9.76. The van der Waals surface area contributed by atoms with E-state index in [0.717, 1.165) is 6.42 Å². The summed E-state index contributed by atoms with van der Waals surface area (Å²) in [7, 11) is 1.38. The van der Waals surface area contributed by atoms with Crippen LogP contribution in [0.15, 0.2) is 18.5 Å². The van der Waals surface area contributed by atoms with Gasteiger partial charge in [-0.1, -0.05) is 0 Å². The molecule has 0 spiro atoms. The molecule has 6 nitrogen and oxygen atoms in total. The third-order valence-corrected chi connectivity index (χ3v) is 3.72. The Morgan fingerprint density at radius 2 is 2.29 bits per heavy atom. The molecule has 1 aliphatic heterocycles. The number of carboxylic acid groups (broad SMARTS) is 1. The Hall–Kier alpha value is -2.44. The second kappa shape index (κ2) is 5.16. The lowest BCUT2D eigenvalue weighted by Gasteiger charge is -2.23. The smallest absolute Gasteiger partial charge is 0.326 e. The number of carboxylic acids is 1. The largest absolute Gasteiger partial charge is 0.494 e. The zero-order chi connectivity index (χ0) is 15.0. The van der Waals surface area contributed by atoms with Crippen molar-refractivity contribution in [3.05, 3.63) is 24.3 Å². The molecule has 7 heteroatoms. The molecule has 2 heterocycles. The Balaban J connectivity index is 2.15. The lowest BCUT2D eigenvalue weighted by Crippen LogP contribution is -2.36. The topological polar surface area (TPSA) is 75.5 Å². The molecule has 0 bridgehead atoms. The van der Waals surface area contributed by atoms with Gasteiger partial charge in [-0.05, 0) is 25.0 Å². The molecule has 1 aliphatic rings. The van der Waals surface area contributed by atoms with Gasteiger partial charge in [-0.2, -0.15) is 0 Å². The molecule has 110 valence electrons. The SMILES string of the molecule is COc1ccc2c(N3CCC[C@H]3C(=O)O)ncnc2c1F. The molecule has 0 radical (unpaired) electrons. The molecule has 0 unspecified atom stereocenters. The van der Waals surface area contributed by atoms with Crippen LogP contribution in [0.4, 0.5) is 10.2 Å². The third kappa shape index (κ3) is 2.14. The minimum Gasteiger partial charge on any atom is -0.494 e. The molecule has 1 N–H and O–H groups in total. The third-order valence-electron chi connectivity index (χ3n) is 3.72. The fraction of sp³-hybridized carbons (Fsp3) is 0.357. The summed E-state index contributed by atoms with van der Waals surface area (Å²) in [6.45, 7) is 0.580. The first-order valence-corrected chi connectivity index (χ1v) is 6.60. The van der Waals surface area contributed by atoms with Crippen molar-refractivity contribution in [3.63, 3.8) is 0 Å². The van der Waals surface area contributed by atoms with Gasteiger partial charge in [0, 0.05) is 11.9 Å². The fourth-order valence-electron chi connectivity index (χ4n) is 2.73. The van der Waals surface area contributed by atoms with Gasteiger partial charge in [0.25, 0.3) is 0 Å². The van der Waals surface area contributed by atoms with Crippen LogP contribution in [0.1, 0.15) is 12.8 Å². The number of hydrogen-bond acceptors (Lipinski definition) is 5. The zero-order valence-electron chi connectivity index (χ0n) is 11.4. The van der Waals surface area contributed by atoms with Crippen molar-refractivity contribution in [1.82, 2.24) is 9.97 Å². The van der Waals surface area contributed by atoms with Crippen molar-refractivity contribution < 1.29 is 19.0 Å². The van der Waals surface area contributed by atoms with Crippen LogP contribution < -0.4 is 9.64 Å². The predicted octanol–water partition coefficient (Wildman–Crippen LogP) is 1.83. The van der Waals surface area contributed by atoms with Gasteiger partial charge in [0.1, 0.15) is 23.7 Å². The second-order valence-corrected chi connectivity index (χ2v) is 4.86. The number of benzene rings is 1. The molecule has 0 saturated carbocycles. The van der Waals surface area contributed by atoms with E-state index in [-0.39, 0.29) is 11.3 Å². The van der Waals surface area contributed by atoms with Gasteiger partial charge < -0.3 is 14.7 Å². The average molecular weight is 291 g/mol. The lowest BCUT2D eigenvalue weighted by atomic mass is 10.2. The number of nitrogens with zero attached hydrogens (tertiary/aromatic N) is 3. The van der Waals surface area contributed by atoms with Gasteiger partial charge in [-0.3, -0.25) is 0 Å². The van der Waals surface area contributed by atoms with Crippen LogP contribution in [-0.2, 0) is 4.79 Å². The number of carbonyl (C=O) groups is 1. The molecule has 1 aromatic carbocycles. The lowest BCUT2D eigenvalue weighted by molar-refractivity contribution is -0.138. The number of methoxy groups -OCH3 is 1. The number of fused-ring (bicyclic) bond motifs is 1. The molecule has 3 rings (SSSR count). The maximum atomic E-state index is 14.2. The normalized spacial score (nSPS) is 18.2. The summed E-state index contributed by atoms with van der Waals surface area (Å²) >= 11 is 0. The standard InChI is InChI=1S/C14H14FN3O3/c1-21-10-5-4-8-12(11(10)15)16-7-17-13(8)18-6-2-3-9(18)14(19)20/h4-5,7,9H,2-3,6H2,1H3,(H,19,20)/t9-/m0/s1. The number of aromatic nitrogens is 2. The van der Waals surface area contributed by atoms with Crippen LogP contribution in [-0.4, -0.2) is 40.7 Å². The van der Waals surface area contributed by atoms with E-state index in [1.54, 1.807) is 11.0 Å². The maximum Gasteiger partial charge on any atom is 0.326 e. The van der Waals surface area contributed by atoms with Crippen molar-refractivity contribution in [2.75, 3.05) is 18.6 Å². The molecule has 21 heavy (non-hydrogen) atoms. The summed E-state index contributed by atoms with van der Waals surface area (Å²) in [5.41, 5.74) is 0.135. The van der Waals surface area contributed by atoms with Crippen molar-refractivity contribution in [3.8, 4) is 5.75 Å². The van der Waals surface area contributed by atoms with E-state index in [1.807, 2.05) is 0 Å². The van der Waals surface area contributed by atoms with Gasteiger partial charge in [0.15, 0.2) is 11.6 Å². The van der Waals surface area contributed by atoms with E-state index in [0.29, 0.717) is 24.2 Å². The van der Waals surface area contributed by atoms with E-state index in [2.05, 4.69) is 9.97 Å². The molecule has 1 fully saturated rings. The number of ether oxygens (including phenoxy) is 1. The molecule has 1 aromatic heterocycles. The number of aliphatic carboxylic acids is 1. The molecular weight excluding hydrogens is 277 g/mol. The van der Waals surface area contributed by atoms with Gasteiger partial charge >= 0.3 is 5.97 Å². The molecule has 1 atom stereocenters. The highest BCUT2D eigenvalue weighted by atomic mass is 19.1. The van der Waals surface area contributed by atoms with Crippen LogP contribution in [0.25, 0.3) is 10.9 Å². The first kappa shape index (κ1) is 13.5. The maximum absolute atomic E-state index is 14.2. The highest BCUT2D eigenvalue weighted by molar-refractivity contribution is 5.92. The summed E-state index contributed by atoms with van der Waals surface area (Å²) in [4.78, 5) is 21.1. The Kier molecular flexibility index (Phi) is 3.32. The monoisotopic (exact) mass is 291 g/mol. The molecule has 0 aliphatic carbocycles. The fourth-order valence-corrected chi connectivity index (χ4v) is 2.73. The van der Waals surface area contributed by atoms with Crippen LogP contribution in [0, 0.1) is 5.82 Å². The number of anilines is 1. The summed E-state index contributed by atoms with van der Waals surface area (Å²) < 4.78 is 19.2. The van der Waals surface area contributed by atoms with E-state index in [4.69, 9.17) is 4.74 Å². The minimum absolute atomic E-state index is 0.100. The minimum atomic E-state index is -0.895. The van der Waals surface area contributed by atoms with Gasteiger partial charge in [0.05, 0.1) is 7.11 Å². The van der Waals surface area contributed by atoms with Gasteiger partial charge in [-0.15, -0.1) is 0 Å². The Labute approximate surface area is 120 Å². The van der Waals surface area contributed by atoms with Crippen LogP contribution in [0.2, 0.25) is 0 Å².